The highest BCUT2D eigenvalue weighted by Gasteiger charge is 2.20. The van der Waals surface area contributed by atoms with Crippen LogP contribution in [-0.4, -0.2) is 31.2 Å². The van der Waals surface area contributed by atoms with Crippen molar-refractivity contribution in [3.8, 4) is 17.2 Å². The third kappa shape index (κ3) is 6.09. The fourth-order valence-corrected chi connectivity index (χ4v) is 2.31. The van der Waals surface area contributed by atoms with Crippen LogP contribution in [0.3, 0.4) is 0 Å². The molecule has 30 heavy (non-hydrogen) atoms. The molecule has 0 aliphatic rings. The van der Waals surface area contributed by atoms with Crippen molar-refractivity contribution in [2.24, 2.45) is 0 Å². The zero-order valence-electron chi connectivity index (χ0n) is 15.2. The molecule has 0 spiro atoms. The monoisotopic (exact) mass is 430 g/mol. The average Bonchev–Trinajstić information content (AvgIpc) is 2.67. The number of nitrogens with one attached hydrogen (secondary N) is 1. The molecule has 0 aliphatic heterocycles. The summed E-state index contributed by atoms with van der Waals surface area (Å²) in [4.78, 5) is 22.5. The van der Waals surface area contributed by atoms with Crippen LogP contribution >= 0.6 is 0 Å². The van der Waals surface area contributed by atoms with E-state index in [1.165, 1.54) is 24.3 Å². The van der Waals surface area contributed by atoms with Gasteiger partial charge in [0.2, 0.25) is 5.91 Å². The van der Waals surface area contributed by atoms with E-state index in [1.54, 1.807) is 0 Å². The number of para-hydroxylation sites is 2. The summed E-state index contributed by atoms with van der Waals surface area (Å²) in [5, 5.41) is 13.5. The Bertz CT molecular complexity index is 952. The summed E-state index contributed by atoms with van der Waals surface area (Å²) in [7, 11) is 1.14. The molecular weight excluding hydrogens is 416 g/mol. The number of ether oxygens (including phenoxy) is 3. The molecule has 0 saturated carbocycles. The maximum absolute atomic E-state index is 12.5. The van der Waals surface area contributed by atoms with Gasteiger partial charge in [-0.05, 0) is 24.3 Å². The van der Waals surface area contributed by atoms with E-state index >= 15 is 0 Å². The van der Waals surface area contributed by atoms with Gasteiger partial charge in [-0.15, -0.1) is 0 Å². The molecule has 0 fully saturated rings. The number of nitro groups is 1. The number of halogens is 4. The number of amides is 1. The Balaban J connectivity index is 2.28. The molecule has 0 saturated heterocycles. The topological polar surface area (TPSA) is 99.9 Å². The normalized spacial score (nSPS) is 11.0. The second kappa shape index (κ2) is 10.1. The van der Waals surface area contributed by atoms with Gasteiger partial charge in [0.15, 0.2) is 11.5 Å². The minimum atomic E-state index is -3.23. The molecule has 8 nitrogen and oxygen atoms in total. The first-order valence-corrected chi connectivity index (χ1v) is 8.05. The van der Waals surface area contributed by atoms with E-state index in [0.29, 0.717) is 0 Å². The van der Waals surface area contributed by atoms with Gasteiger partial charge in [0.25, 0.3) is 5.69 Å². The third-order valence-electron chi connectivity index (χ3n) is 3.50. The molecule has 2 aromatic carbocycles. The number of alkyl halides is 4. The zero-order valence-corrected chi connectivity index (χ0v) is 15.2. The highest BCUT2D eigenvalue weighted by molar-refractivity contribution is 6.03. The van der Waals surface area contributed by atoms with Gasteiger partial charge in [0.05, 0.1) is 29.4 Å². The summed E-state index contributed by atoms with van der Waals surface area (Å²) in [6.07, 6.45) is 1.91. The van der Waals surface area contributed by atoms with Crippen LogP contribution in [0.15, 0.2) is 42.5 Å². The van der Waals surface area contributed by atoms with Crippen LogP contribution in [0.1, 0.15) is 5.56 Å². The third-order valence-corrected chi connectivity index (χ3v) is 3.50. The van der Waals surface area contributed by atoms with E-state index in [-0.39, 0.29) is 22.7 Å². The van der Waals surface area contributed by atoms with Crippen molar-refractivity contribution in [1.82, 2.24) is 0 Å². The first kappa shape index (κ1) is 22.5. The second-order valence-corrected chi connectivity index (χ2v) is 5.39. The first-order chi connectivity index (χ1) is 14.2. The predicted molar refractivity (Wildman–Crippen MR) is 97.0 cm³/mol. The molecule has 0 unspecified atom stereocenters. The van der Waals surface area contributed by atoms with E-state index < -0.39 is 35.5 Å². The number of carbonyl (C=O) groups excluding carboxylic acids is 1. The Labute approximate surface area is 166 Å². The SMILES string of the molecule is COc1cc(/C=C/C(=O)Nc2ccccc2OC(F)F)c([N+](=O)[O-])cc1OC(F)F. The van der Waals surface area contributed by atoms with E-state index in [2.05, 4.69) is 14.8 Å². The van der Waals surface area contributed by atoms with Crippen molar-refractivity contribution >= 4 is 23.4 Å². The van der Waals surface area contributed by atoms with Gasteiger partial charge in [0.1, 0.15) is 5.75 Å². The number of carbonyl (C=O) groups is 1. The highest BCUT2D eigenvalue weighted by Crippen LogP contribution is 2.36. The number of anilines is 1. The molecule has 0 heterocycles. The molecule has 2 aromatic rings. The summed E-state index contributed by atoms with van der Waals surface area (Å²) in [6.45, 7) is -6.34. The van der Waals surface area contributed by atoms with Crippen LogP contribution in [0.2, 0.25) is 0 Å². The summed E-state index contributed by atoms with van der Waals surface area (Å²) in [6, 6.07) is 7.17. The molecular formula is C18H14F4N2O6. The molecule has 0 bridgehead atoms. The standard InChI is InChI=1S/C18H14F4N2O6/c1-28-14-8-10(12(24(26)27)9-15(14)30-18(21)22)6-7-16(25)23-11-4-2-3-5-13(11)29-17(19)20/h2-9,17-18H,1H3,(H,23,25)/b7-6+. The van der Waals surface area contributed by atoms with Gasteiger partial charge in [-0.1, -0.05) is 12.1 Å². The van der Waals surface area contributed by atoms with Crippen molar-refractivity contribution in [3.05, 3.63) is 58.2 Å². The predicted octanol–water partition coefficient (Wildman–Crippen LogP) is 4.46. The van der Waals surface area contributed by atoms with Crippen LogP contribution in [0.4, 0.5) is 28.9 Å². The first-order valence-electron chi connectivity index (χ1n) is 8.05. The van der Waals surface area contributed by atoms with Crippen LogP contribution in [0.5, 0.6) is 17.2 Å². The van der Waals surface area contributed by atoms with E-state index in [1.807, 2.05) is 0 Å². The van der Waals surface area contributed by atoms with E-state index in [9.17, 15) is 32.5 Å². The van der Waals surface area contributed by atoms with Crippen molar-refractivity contribution in [1.29, 1.82) is 0 Å². The quantitative estimate of drug-likeness (QED) is 0.273. The van der Waals surface area contributed by atoms with Gasteiger partial charge in [-0.25, -0.2) is 0 Å². The molecule has 1 amide bonds. The Morgan fingerprint density at radius 3 is 2.30 bits per heavy atom. The summed E-state index contributed by atoms with van der Waals surface area (Å²) in [5.74, 6) is -1.88. The van der Waals surface area contributed by atoms with Crippen LogP contribution in [-0.2, 0) is 4.79 Å². The molecule has 1 N–H and O–H groups in total. The number of methoxy groups -OCH3 is 1. The minimum Gasteiger partial charge on any atom is -0.493 e. The number of benzene rings is 2. The van der Waals surface area contributed by atoms with E-state index in [4.69, 9.17) is 4.74 Å². The lowest BCUT2D eigenvalue weighted by Crippen LogP contribution is -2.11. The summed E-state index contributed by atoms with van der Waals surface area (Å²) in [5.41, 5.74) is -0.831. The molecule has 0 aromatic heterocycles. The number of hydrogen-bond donors (Lipinski definition) is 1. The maximum atomic E-state index is 12.5. The molecule has 2 rings (SSSR count). The highest BCUT2D eigenvalue weighted by atomic mass is 19.3. The van der Waals surface area contributed by atoms with Gasteiger partial charge < -0.3 is 19.5 Å². The van der Waals surface area contributed by atoms with Gasteiger partial charge in [0, 0.05) is 6.08 Å². The minimum absolute atomic E-state index is 0.0554. The number of nitrogens with zero attached hydrogens (tertiary/aromatic N) is 1. The zero-order chi connectivity index (χ0) is 22.3. The number of hydrogen-bond acceptors (Lipinski definition) is 6. The smallest absolute Gasteiger partial charge is 0.387 e. The molecule has 0 aliphatic carbocycles. The number of rotatable bonds is 9. The summed E-state index contributed by atoms with van der Waals surface area (Å²) >= 11 is 0. The van der Waals surface area contributed by atoms with Gasteiger partial charge >= 0.3 is 13.2 Å². The Kier molecular flexibility index (Phi) is 7.56. The number of nitro benzene ring substituents is 1. The average molecular weight is 430 g/mol. The fraction of sp³-hybridized carbons (Fsp3) is 0.167. The van der Waals surface area contributed by atoms with Crippen LogP contribution in [0.25, 0.3) is 6.08 Å². The van der Waals surface area contributed by atoms with Crippen molar-refractivity contribution in [2.75, 3.05) is 12.4 Å². The maximum Gasteiger partial charge on any atom is 0.387 e. The molecule has 12 heteroatoms. The Morgan fingerprint density at radius 1 is 1.07 bits per heavy atom. The lowest BCUT2D eigenvalue weighted by Gasteiger charge is -2.11. The summed E-state index contributed by atoms with van der Waals surface area (Å²) < 4.78 is 63.1. The molecule has 160 valence electrons. The van der Waals surface area contributed by atoms with Crippen LogP contribution < -0.4 is 19.5 Å². The lowest BCUT2D eigenvalue weighted by molar-refractivity contribution is -0.385. The van der Waals surface area contributed by atoms with Gasteiger partial charge in [-0.3, -0.25) is 14.9 Å². The van der Waals surface area contributed by atoms with Crippen molar-refractivity contribution < 1.29 is 41.5 Å². The van der Waals surface area contributed by atoms with Crippen LogP contribution in [0, 0.1) is 10.1 Å². The van der Waals surface area contributed by atoms with Crippen molar-refractivity contribution in [2.45, 2.75) is 13.2 Å². The Hall–Kier alpha value is -3.83. The second-order valence-electron chi connectivity index (χ2n) is 5.39. The fourth-order valence-electron chi connectivity index (χ4n) is 2.31. The van der Waals surface area contributed by atoms with Gasteiger partial charge in [-0.2, -0.15) is 17.6 Å². The Morgan fingerprint density at radius 2 is 1.70 bits per heavy atom. The van der Waals surface area contributed by atoms with Crippen molar-refractivity contribution in [3.63, 3.8) is 0 Å². The van der Waals surface area contributed by atoms with E-state index in [0.717, 1.165) is 31.4 Å². The molecule has 0 atom stereocenters. The largest absolute Gasteiger partial charge is 0.493 e. The molecule has 0 radical (unpaired) electrons. The lowest BCUT2D eigenvalue weighted by atomic mass is 10.1.